The van der Waals surface area contributed by atoms with Crippen LogP contribution in [0.1, 0.15) is 12.8 Å². The minimum Gasteiger partial charge on any atom is -0.355 e. The summed E-state index contributed by atoms with van der Waals surface area (Å²) in [6.45, 7) is 4.65. The maximum absolute atomic E-state index is 4.65. The van der Waals surface area contributed by atoms with Crippen LogP contribution in [0.4, 0.5) is 5.82 Å². The van der Waals surface area contributed by atoms with Gasteiger partial charge in [-0.3, -0.25) is 0 Å². The molecule has 1 spiro atoms. The Hall–Kier alpha value is -1.61. The first-order valence-corrected chi connectivity index (χ1v) is 7.16. The lowest BCUT2D eigenvalue weighted by molar-refractivity contribution is 0.369. The molecule has 4 rings (SSSR count). The van der Waals surface area contributed by atoms with E-state index in [4.69, 9.17) is 0 Å². The van der Waals surface area contributed by atoms with E-state index in [9.17, 15) is 0 Å². The van der Waals surface area contributed by atoms with Crippen LogP contribution in [0.2, 0.25) is 0 Å². The first-order chi connectivity index (χ1) is 9.36. The van der Waals surface area contributed by atoms with Gasteiger partial charge in [-0.2, -0.15) is 0 Å². The monoisotopic (exact) mass is 253 g/mol. The molecule has 98 valence electrons. The highest BCUT2D eigenvalue weighted by Gasteiger charge is 2.40. The van der Waals surface area contributed by atoms with Crippen LogP contribution in [-0.4, -0.2) is 31.2 Å². The van der Waals surface area contributed by atoms with Crippen molar-refractivity contribution in [1.82, 2.24) is 10.3 Å². The van der Waals surface area contributed by atoms with Crippen LogP contribution in [0.5, 0.6) is 0 Å². The first kappa shape index (κ1) is 11.2. The largest absolute Gasteiger partial charge is 0.355 e. The molecule has 1 unspecified atom stereocenters. The fraction of sp³-hybridized carbons (Fsp3) is 0.438. The third-order valence-electron chi connectivity index (χ3n) is 4.72. The second-order valence-corrected chi connectivity index (χ2v) is 5.95. The Morgan fingerprint density at radius 1 is 1.16 bits per heavy atom. The van der Waals surface area contributed by atoms with Crippen molar-refractivity contribution in [3.63, 3.8) is 0 Å². The van der Waals surface area contributed by atoms with Gasteiger partial charge in [0.15, 0.2) is 0 Å². The van der Waals surface area contributed by atoms with Gasteiger partial charge in [0.1, 0.15) is 5.82 Å². The van der Waals surface area contributed by atoms with Gasteiger partial charge in [-0.1, -0.05) is 24.3 Å². The number of hydrogen-bond acceptors (Lipinski definition) is 3. The average Bonchev–Trinajstić information content (AvgIpc) is 3.09. The smallest absolute Gasteiger partial charge is 0.136 e. The summed E-state index contributed by atoms with van der Waals surface area (Å²) in [5.41, 5.74) is 0.499. The molecule has 0 aliphatic carbocycles. The molecule has 2 fully saturated rings. The molecule has 2 aliphatic heterocycles. The minimum absolute atomic E-state index is 0.499. The lowest BCUT2D eigenvalue weighted by atomic mass is 9.87. The average molecular weight is 253 g/mol. The van der Waals surface area contributed by atoms with Crippen molar-refractivity contribution < 1.29 is 0 Å². The number of pyridine rings is 1. The van der Waals surface area contributed by atoms with Crippen molar-refractivity contribution in [3.05, 3.63) is 36.5 Å². The molecule has 0 saturated carbocycles. The third-order valence-corrected chi connectivity index (χ3v) is 4.72. The molecule has 3 heterocycles. The van der Waals surface area contributed by atoms with Gasteiger partial charge in [0.05, 0.1) is 0 Å². The Kier molecular flexibility index (Phi) is 2.49. The van der Waals surface area contributed by atoms with Crippen LogP contribution in [0.25, 0.3) is 10.8 Å². The highest BCUT2D eigenvalue weighted by atomic mass is 15.2. The minimum atomic E-state index is 0.499. The van der Waals surface area contributed by atoms with Crippen LogP contribution in [0.15, 0.2) is 36.5 Å². The maximum atomic E-state index is 4.65. The summed E-state index contributed by atoms with van der Waals surface area (Å²) in [4.78, 5) is 7.13. The summed E-state index contributed by atoms with van der Waals surface area (Å²) in [6.07, 6.45) is 4.55. The second-order valence-electron chi connectivity index (χ2n) is 5.95. The molecule has 2 saturated heterocycles. The highest BCUT2D eigenvalue weighted by molar-refractivity contribution is 5.92. The van der Waals surface area contributed by atoms with E-state index < -0.39 is 0 Å². The van der Waals surface area contributed by atoms with Crippen molar-refractivity contribution in [2.45, 2.75) is 12.8 Å². The summed E-state index contributed by atoms with van der Waals surface area (Å²) in [6, 6.07) is 10.7. The number of nitrogens with one attached hydrogen (secondary N) is 1. The van der Waals surface area contributed by atoms with Gasteiger partial charge in [0.25, 0.3) is 0 Å². The number of benzene rings is 1. The first-order valence-electron chi connectivity index (χ1n) is 7.16. The molecule has 1 aromatic heterocycles. The number of anilines is 1. The quantitative estimate of drug-likeness (QED) is 0.846. The summed E-state index contributed by atoms with van der Waals surface area (Å²) in [5, 5.41) is 6.09. The molecular weight excluding hydrogens is 234 g/mol. The summed E-state index contributed by atoms with van der Waals surface area (Å²) >= 11 is 0. The van der Waals surface area contributed by atoms with Crippen LogP contribution >= 0.6 is 0 Å². The lowest BCUT2D eigenvalue weighted by Gasteiger charge is -2.24. The molecule has 3 heteroatoms. The SMILES string of the molecule is c1ccc2c(N3CCC4(CCNC4)C3)nccc2c1. The topological polar surface area (TPSA) is 28.2 Å². The zero-order valence-corrected chi connectivity index (χ0v) is 11.1. The van der Waals surface area contributed by atoms with E-state index >= 15 is 0 Å². The predicted molar refractivity (Wildman–Crippen MR) is 78.5 cm³/mol. The van der Waals surface area contributed by atoms with Gasteiger partial charge in [-0.15, -0.1) is 0 Å². The van der Waals surface area contributed by atoms with Crippen molar-refractivity contribution >= 4 is 16.6 Å². The fourth-order valence-corrected chi connectivity index (χ4v) is 3.62. The van der Waals surface area contributed by atoms with Gasteiger partial charge in [-0.05, 0) is 30.8 Å². The van der Waals surface area contributed by atoms with Gasteiger partial charge in [-0.25, -0.2) is 4.98 Å². The molecule has 0 bridgehead atoms. The molecule has 1 atom stereocenters. The Bertz CT molecular complexity index is 596. The summed E-state index contributed by atoms with van der Waals surface area (Å²) in [5.74, 6) is 1.17. The lowest BCUT2D eigenvalue weighted by Crippen LogP contribution is -2.29. The van der Waals surface area contributed by atoms with E-state index in [-0.39, 0.29) is 0 Å². The Morgan fingerprint density at radius 3 is 3.00 bits per heavy atom. The molecule has 19 heavy (non-hydrogen) atoms. The van der Waals surface area contributed by atoms with Gasteiger partial charge in [0.2, 0.25) is 0 Å². The predicted octanol–water partition coefficient (Wildman–Crippen LogP) is 2.42. The van der Waals surface area contributed by atoms with Gasteiger partial charge >= 0.3 is 0 Å². The normalized spacial score (nSPS) is 26.6. The van der Waals surface area contributed by atoms with E-state index in [1.165, 1.54) is 42.5 Å². The second kappa shape index (κ2) is 4.20. The molecule has 2 aliphatic rings. The Morgan fingerprint density at radius 2 is 2.11 bits per heavy atom. The van der Waals surface area contributed by atoms with E-state index in [2.05, 4.69) is 45.5 Å². The van der Waals surface area contributed by atoms with E-state index in [0.29, 0.717) is 5.41 Å². The number of rotatable bonds is 1. The van der Waals surface area contributed by atoms with Crippen molar-refractivity contribution in [3.8, 4) is 0 Å². The summed E-state index contributed by atoms with van der Waals surface area (Å²) < 4.78 is 0. The Balaban J connectivity index is 1.72. The molecular formula is C16H19N3. The molecule has 1 N–H and O–H groups in total. The van der Waals surface area contributed by atoms with Crippen LogP contribution in [0.3, 0.4) is 0 Å². The van der Waals surface area contributed by atoms with E-state index in [0.717, 1.165) is 13.1 Å². The third kappa shape index (κ3) is 1.80. The van der Waals surface area contributed by atoms with Crippen molar-refractivity contribution in [1.29, 1.82) is 0 Å². The van der Waals surface area contributed by atoms with E-state index in [1.54, 1.807) is 0 Å². The highest BCUT2D eigenvalue weighted by Crippen LogP contribution is 2.39. The van der Waals surface area contributed by atoms with Crippen LogP contribution < -0.4 is 10.2 Å². The molecule has 0 amide bonds. The van der Waals surface area contributed by atoms with E-state index in [1.807, 2.05) is 6.20 Å². The summed E-state index contributed by atoms with van der Waals surface area (Å²) in [7, 11) is 0. The van der Waals surface area contributed by atoms with Crippen molar-refractivity contribution in [2.24, 2.45) is 5.41 Å². The number of aromatic nitrogens is 1. The number of hydrogen-bond donors (Lipinski definition) is 1. The zero-order valence-electron chi connectivity index (χ0n) is 11.1. The van der Waals surface area contributed by atoms with Gasteiger partial charge < -0.3 is 10.2 Å². The Labute approximate surface area is 113 Å². The maximum Gasteiger partial charge on any atom is 0.136 e. The molecule has 0 radical (unpaired) electrons. The molecule has 1 aromatic carbocycles. The number of fused-ring (bicyclic) bond motifs is 1. The van der Waals surface area contributed by atoms with Crippen LogP contribution in [-0.2, 0) is 0 Å². The fourth-order valence-electron chi connectivity index (χ4n) is 3.62. The molecule has 3 nitrogen and oxygen atoms in total. The zero-order chi connectivity index (χ0) is 12.7. The standard InChI is InChI=1S/C16H19N3/c1-2-4-14-13(3-1)5-8-18-15(14)19-10-7-16(12-19)6-9-17-11-16/h1-5,8,17H,6-7,9-12H2. The number of nitrogens with zero attached hydrogens (tertiary/aromatic N) is 2. The molecule has 2 aromatic rings. The van der Waals surface area contributed by atoms with Crippen molar-refractivity contribution in [2.75, 3.05) is 31.1 Å². The van der Waals surface area contributed by atoms with Crippen LogP contribution in [0, 0.1) is 5.41 Å². The van der Waals surface area contributed by atoms with Gasteiger partial charge in [0, 0.05) is 36.6 Å².